The molecule has 0 spiro atoms. The molecule has 27 heavy (non-hydrogen) atoms. The molecule has 0 saturated heterocycles. The van der Waals surface area contributed by atoms with E-state index in [-0.39, 0.29) is 11.9 Å². The lowest BCUT2D eigenvalue weighted by Crippen LogP contribution is -2.41. The Morgan fingerprint density at radius 3 is 2.93 bits per heavy atom. The maximum Gasteiger partial charge on any atom is 0.273 e. The number of H-pyrrole nitrogens is 1. The molecule has 0 bridgehead atoms. The number of aromatic nitrogens is 6. The first kappa shape index (κ1) is 15.8. The Balaban J connectivity index is 1.64. The molecule has 0 aromatic carbocycles. The molecule has 1 aliphatic rings. The van der Waals surface area contributed by atoms with Gasteiger partial charge in [0.15, 0.2) is 0 Å². The van der Waals surface area contributed by atoms with Crippen molar-refractivity contribution in [1.82, 2.24) is 34.3 Å². The van der Waals surface area contributed by atoms with Crippen molar-refractivity contribution in [2.45, 2.75) is 19.4 Å². The molecule has 1 atom stereocenters. The summed E-state index contributed by atoms with van der Waals surface area (Å²) < 4.78 is 3.46. The van der Waals surface area contributed by atoms with Gasteiger partial charge in [-0.05, 0) is 31.2 Å². The van der Waals surface area contributed by atoms with Crippen LogP contribution >= 0.6 is 0 Å². The molecule has 4 aromatic rings. The first-order chi connectivity index (χ1) is 13.1. The van der Waals surface area contributed by atoms with Crippen LogP contribution in [0.3, 0.4) is 0 Å². The lowest BCUT2D eigenvalue weighted by atomic mass is 9.99. The summed E-state index contributed by atoms with van der Waals surface area (Å²) in [6, 6.07) is 9.42. The van der Waals surface area contributed by atoms with E-state index < -0.39 is 0 Å². The van der Waals surface area contributed by atoms with E-state index in [2.05, 4.69) is 15.1 Å². The van der Waals surface area contributed by atoms with Crippen molar-refractivity contribution in [3.05, 3.63) is 71.3 Å². The Bertz CT molecular complexity index is 1120. The molecule has 5 heterocycles. The van der Waals surface area contributed by atoms with Crippen molar-refractivity contribution in [3.63, 3.8) is 0 Å². The van der Waals surface area contributed by atoms with E-state index >= 15 is 0 Å². The van der Waals surface area contributed by atoms with Crippen LogP contribution in [0.1, 0.15) is 39.3 Å². The molecule has 8 heteroatoms. The average molecular weight is 361 g/mol. The second-order valence-corrected chi connectivity index (χ2v) is 6.85. The highest BCUT2D eigenvalue weighted by molar-refractivity contribution is 5.93. The van der Waals surface area contributed by atoms with Crippen molar-refractivity contribution in [2.75, 3.05) is 6.54 Å². The average Bonchev–Trinajstić information content (AvgIpc) is 3.37. The highest BCUT2D eigenvalue weighted by Gasteiger charge is 2.37. The van der Waals surface area contributed by atoms with Crippen LogP contribution in [0.5, 0.6) is 0 Å². The quantitative estimate of drug-likeness (QED) is 0.591. The SMILES string of the molecule is Cc1cc(C(=O)N2CCc3[nH]cnc3C2c2cc3ccccn3n2)n(C)n1. The summed E-state index contributed by atoms with van der Waals surface area (Å²) in [7, 11) is 1.80. The number of rotatable bonds is 2. The first-order valence-corrected chi connectivity index (χ1v) is 8.90. The van der Waals surface area contributed by atoms with Crippen molar-refractivity contribution in [1.29, 1.82) is 0 Å². The summed E-state index contributed by atoms with van der Waals surface area (Å²) in [6.45, 7) is 2.48. The van der Waals surface area contributed by atoms with Gasteiger partial charge in [-0.3, -0.25) is 9.48 Å². The van der Waals surface area contributed by atoms with Gasteiger partial charge >= 0.3 is 0 Å². The minimum atomic E-state index is -0.331. The van der Waals surface area contributed by atoms with E-state index in [1.165, 1.54) is 0 Å². The Morgan fingerprint density at radius 2 is 2.15 bits per heavy atom. The lowest BCUT2D eigenvalue weighted by molar-refractivity contribution is 0.0675. The number of aryl methyl sites for hydroxylation is 2. The molecule has 0 radical (unpaired) electrons. The molecule has 1 aliphatic heterocycles. The molecule has 5 rings (SSSR count). The van der Waals surface area contributed by atoms with E-state index in [0.29, 0.717) is 12.2 Å². The smallest absolute Gasteiger partial charge is 0.273 e. The van der Waals surface area contributed by atoms with E-state index in [0.717, 1.165) is 34.7 Å². The van der Waals surface area contributed by atoms with Crippen molar-refractivity contribution in [3.8, 4) is 0 Å². The molecule has 4 aromatic heterocycles. The van der Waals surface area contributed by atoms with Crippen LogP contribution in [0, 0.1) is 6.92 Å². The molecule has 136 valence electrons. The molecule has 8 nitrogen and oxygen atoms in total. The number of carbonyl (C=O) groups is 1. The minimum absolute atomic E-state index is 0.0613. The van der Waals surface area contributed by atoms with Crippen LogP contribution in [-0.2, 0) is 13.5 Å². The van der Waals surface area contributed by atoms with Gasteiger partial charge in [0.1, 0.15) is 11.7 Å². The second-order valence-electron chi connectivity index (χ2n) is 6.85. The summed E-state index contributed by atoms with van der Waals surface area (Å²) in [5.41, 5.74) is 5.10. The maximum atomic E-state index is 13.4. The normalized spacial score (nSPS) is 16.7. The van der Waals surface area contributed by atoms with Gasteiger partial charge in [0, 0.05) is 31.9 Å². The van der Waals surface area contributed by atoms with Crippen LogP contribution in [0.4, 0.5) is 0 Å². The topological polar surface area (TPSA) is 84.1 Å². The van der Waals surface area contributed by atoms with E-state index in [4.69, 9.17) is 5.10 Å². The predicted octanol–water partition coefficient (Wildman–Crippen LogP) is 1.89. The summed E-state index contributed by atoms with van der Waals surface area (Å²) in [5.74, 6) is -0.0613. The third-order valence-electron chi connectivity index (χ3n) is 5.08. The molecular weight excluding hydrogens is 342 g/mol. The number of amides is 1. The summed E-state index contributed by atoms with van der Waals surface area (Å²) in [4.78, 5) is 22.9. The van der Waals surface area contributed by atoms with Crippen molar-refractivity contribution in [2.24, 2.45) is 7.05 Å². The number of nitrogens with zero attached hydrogens (tertiary/aromatic N) is 6. The van der Waals surface area contributed by atoms with Crippen LogP contribution < -0.4 is 0 Å². The summed E-state index contributed by atoms with van der Waals surface area (Å²) in [6.07, 6.45) is 4.33. The van der Waals surface area contributed by atoms with Gasteiger partial charge in [-0.25, -0.2) is 9.50 Å². The Morgan fingerprint density at radius 1 is 1.26 bits per heavy atom. The molecule has 1 unspecified atom stereocenters. The zero-order valence-corrected chi connectivity index (χ0v) is 15.1. The van der Waals surface area contributed by atoms with Gasteiger partial charge in [-0.15, -0.1) is 0 Å². The van der Waals surface area contributed by atoms with E-state index in [1.54, 1.807) is 18.1 Å². The zero-order valence-electron chi connectivity index (χ0n) is 15.1. The number of imidazole rings is 1. The first-order valence-electron chi connectivity index (χ1n) is 8.90. The van der Waals surface area contributed by atoms with E-state index in [1.807, 2.05) is 52.9 Å². The monoisotopic (exact) mass is 361 g/mol. The summed E-state index contributed by atoms with van der Waals surface area (Å²) in [5, 5.41) is 9.04. The van der Waals surface area contributed by atoms with Crippen molar-refractivity contribution >= 4 is 11.4 Å². The van der Waals surface area contributed by atoms with Crippen LogP contribution in [0.2, 0.25) is 0 Å². The van der Waals surface area contributed by atoms with Gasteiger partial charge in [0.25, 0.3) is 5.91 Å². The highest BCUT2D eigenvalue weighted by Crippen LogP contribution is 2.34. The maximum absolute atomic E-state index is 13.4. The molecular formula is C19H19N7O. The number of hydrogen-bond donors (Lipinski definition) is 1. The standard InChI is InChI=1S/C19H19N7O/c1-12-9-16(24(2)22-12)19(27)25-8-6-14-17(21-11-20-14)18(25)15-10-13-5-3-4-7-26(13)23-15/h3-5,7,9-11,18H,6,8H2,1-2H3,(H,20,21). The third-order valence-corrected chi connectivity index (χ3v) is 5.08. The molecule has 1 N–H and O–H groups in total. The number of aromatic amines is 1. The second kappa shape index (κ2) is 5.80. The molecule has 0 fully saturated rings. The van der Waals surface area contributed by atoms with E-state index in [9.17, 15) is 4.79 Å². The fraction of sp³-hybridized carbons (Fsp3) is 0.263. The predicted molar refractivity (Wildman–Crippen MR) is 98.3 cm³/mol. The number of pyridine rings is 1. The third kappa shape index (κ3) is 2.44. The number of fused-ring (bicyclic) bond motifs is 2. The Labute approximate surface area is 155 Å². The van der Waals surface area contributed by atoms with Crippen molar-refractivity contribution < 1.29 is 4.79 Å². The lowest BCUT2D eigenvalue weighted by Gasteiger charge is -2.33. The molecule has 1 amide bonds. The Hall–Kier alpha value is -3.42. The molecule has 0 saturated carbocycles. The van der Waals surface area contributed by atoms with Crippen LogP contribution in [0.15, 0.2) is 42.9 Å². The van der Waals surface area contributed by atoms with Gasteiger partial charge in [0.2, 0.25) is 0 Å². The zero-order chi connectivity index (χ0) is 18.5. The van der Waals surface area contributed by atoms with Gasteiger partial charge in [-0.2, -0.15) is 10.2 Å². The van der Waals surface area contributed by atoms with Crippen LogP contribution in [0.25, 0.3) is 5.52 Å². The fourth-order valence-corrected chi connectivity index (χ4v) is 3.84. The highest BCUT2D eigenvalue weighted by atomic mass is 16.2. The van der Waals surface area contributed by atoms with Gasteiger partial charge in [0.05, 0.1) is 28.9 Å². The minimum Gasteiger partial charge on any atom is -0.348 e. The number of carbonyl (C=O) groups excluding carboxylic acids is 1. The van der Waals surface area contributed by atoms with Gasteiger partial charge < -0.3 is 9.88 Å². The summed E-state index contributed by atoms with van der Waals surface area (Å²) >= 11 is 0. The Kier molecular flexibility index (Phi) is 3.40. The number of hydrogen-bond acceptors (Lipinski definition) is 4. The van der Waals surface area contributed by atoms with Crippen LogP contribution in [-0.4, -0.2) is 46.7 Å². The molecule has 0 aliphatic carbocycles. The van der Waals surface area contributed by atoms with Gasteiger partial charge in [-0.1, -0.05) is 6.07 Å². The largest absolute Gasteiger partial charge is 0.348 e. The number of nitrogens with one attached hydrogen (secondary N) is 1. The fourth-order valence-electron chi connectivity index (χ4n) is 3.84.